The van der Waals surface area contributed by atoms with Crippen LogP contribution in [0.25, 0.3) is 0 Å². The topological polar surface area (TPSA) is 36.4 Å². The number of hydrogen-bond donors (Lipinski definition) is 1. The van der Waals surface area contributed by atoms with E-state index in [9.17, 15) is 5.11 Å². The molecule has 0 spiro atoms. The van der Waals surface area contributed by atoms with Gasteiger partial charge in [0, 0.05) is 32.0 Å². The first kappa shape index (κ1) is 11.6. The number of rotatable bonds is 3. The minimum absolute atomic E-state index is 0.102. The predicted molar refractivity (Wildman–Crippen MR) is 64.2 cm³/mol. The second kappa shape index (κ2) is 5.41. The van der Waals surface area contributed by atoms with Crippen LogP contribution in [0.2, 0.25) is 0 Å². The van der Waals surface area contributed by atoms with Gasteiger partial charge in [-0.2, -0.15) is 0 Å². The quantitative estimate of drug-likeness (QED) is 0.835. The molecule has 2 heterocycles. The van der Waals surface area contributed by atoms with Gasteiger partial charge in [0.25, 0.3) is 0 Å². The molecule has 1 aromatic rings. The van der Waals surface area contributed by atoms with Crippen LogP contribution in [-0.4, -0.2) is 40.7 Å². The van der Waals surface area contributed by atoms with Crippen molar-refractivity contribution < 1.29 is 5.11 Å². The van der Waals surface area contributed by atoms with Crippen molar-refractivity contribution >= 4 is 0 Å². The molecule has 1 N–H and O–H groups in total. The molecule has 0 radical (unpaired) electrons. The molecule has 1 aliphatic rings. The highest BCUT2D eigenvalue weighted by Crippen LogP contribution is 2.16. The van der Waals surface area contributed by atoms with Crippen LogP contribution in [0.4, 0.5) is 0 Å². The van der Waals surface area contributed by atoms with Crippen LogP contribution in [0.3, 0.4) is 0 Å². The van der Waals surface area contributed by atoms with Gasteiger partial charge < -0.3 is 10.0 Å². The molecule has 0 bridgehead atoms. The first-order chi connectivity index (χ1) is 7.75. The van der Waals surface area contributed by atoms with Gasteiger partial charge in [0.15, 0.2) is 0 Å². The second-order valence-electron chi connectivity index (χ2n) is 4.75. The number of aromatic nitrogens is 1. The fraction of sp³-hybridized carbons (Fsp3) is 0.615. The Bertz CT molecular complexity index is 315. The molecule has 3 heteroatoms. The summed E-state index contributed by atoms with van der Waals surface area (Å²) in [6.45, 7) is 5.23. The van der Waals surface area contributed by atoms with E-state index in [0.29, 0.717) is 5.92 Å². The van der Waals surface area contributed by atoms with Gasteiger partial charge in [0.2, 0.25) is 0 Å². The molecule has 2 atom stereocenters. The van der Waals surface area contributed by atoms with Crippen LogP contribution in [-0.2, 0) is 6.42 Å². The van der Waals surface area contributed by atoms with E-state index >= 15 is 0 Å². The molecule has 0 aliphatic carbocycles. The van der Waals surface area contributed by atoms with Gasteiger partial charge in [-0.3, -0.25) is 4.98 Å². The Labute approximate surface area is 97.1 Å². The van der Waals surface area contributed by atoms with Crippen molar-refractivity contribution in [2.24, 2.45) is 5.92 Å². The van der Waals surface area contributed by atoms with Gasteiger partial charge in [-0.15, -0.1) is 0 Å². The van der Waals surface area contributed by atoms with Gasteiger partial charge in [-0.05, 0) is 30.4 Å². The summed E-state index contributed by atoms with van der Waals surface area (Å²) in [5, 5.41) is 9.64. The number of aliphatic hydroxyl groups is 1. The molecule has 0 aromatic carbocycles. The number of nitrogens with zero attached hydrogens (tertiary/aromatic N) is 2. The molecule has 1 aromatic heterocycles. The second-order valence-corrected chi connectivity index (χ2v) is 4.75. The summed E-state index contributed by atoms with van der Waals surface area (Å²) in [7, 11) is 0. The third-order valence-corrected chi connectivity index (χ3v) is 3.38. The molecule has 0 amide bonds. The Balaban J connectivity index is 1.79. The van der Waals surface area contributed by atoms with Crippen molar-refractivity contribution in [2.75, 3.05) is 19.6 Å². The van der Waals surface area contributed by atoms with Crippen molar-refractivity contribution in [3.8, 4) is 0 Å². The Morgan fingerprint density at radius 2 is 2.44 bits per heavy atom. The van der Waals surface area contributed by atoms with Crippen LogP contribution >= 0.6 is 0 Å². The lowest BCUT2D eigenvalue weighted by Crippen LogP contribution is -2.42. The first-order valence-electron chi connectivity index (χ1n) is 6.05. The first-order valence-corrected chi connectivity index (χ1v) is 6.05. The minimum atomic E-state index is -0.102. The van der Waals surface area contributed by atoms with Crippen molar-refractivity contribution in [1.82, 2.24) is 9.88 Å². The number of pyridine rings is 1. The normalized spacial score (nSPS) is 26.9. The van der Waals surface area contributed by atoms with Crippen molar-refractivity contribution in [2.45, 2.75) is 25.9 Å². The molecular formula is C13H20N2O. The maximum atomic E-state index is 9.64. The summed E-state index contributed by atoms with van der Waals surface area (Å²) in [5.41, 5.74) is 1.29. The Hall–Kier alpha value is -0.930. The van der Waals surface area contributed by atoms with E-state index in [1.54, 1.807) is 0 Å². The lowest BCUT2D eigenvalue weighted by atomic mass is 9.96. The molecule has 3 nitrogen and oxygen atoms in total. The zero-order chi connectivity index (χ0) is 11.4. The van der Waals surface area contributed by atoms with E-state index in [1.807, 2.05) is 18.5 Å². The fourth-order valence-electron chi connectivity index (χ4n) is 2.26. The van der Waals surface area contributed by atoms with Crippen LogP contribution in [0.15, 0.2) is 24.5 Å². The number of likely N-dealkylation sites (tertiary alicyclic amines) is 1. The lowest BCUT2D eigenvalue weighted by molar-refractivity contribution is 0.0356. The van der Waals surface area contributed by atoms with E-state index in [2.05, 4.69) is 22.9 Å². The van der Waals surface area contributed by atoms with Gasteiger partial charge in [-0.25, -0.2) is 0 Å². The molecule has 88 valence electrons. The summed E-state index contributed by atoms with van der Waals surface area (Å²) in [6.07, 6.45) is 5.60. The van der Waals surface area contributed by atoms with E-state index in [1.165, 1.54) is 5.56 Å². The van der Waals surface area contributed by atoms with Crippen molar-refractivity contribution in [1.29, 1.82) is 0 Å². The Kier molecular flexibility index (Phi) is 3.91. The smallest absolute Gasteiger partial charge is 0.0590 e. The average Bonchev–Trinajstić information content (AvgIpc) is 2.32. The average molecular weight is 220 g/mol. The number of hydrogen-bond acceptors (Lipinski definition) is 3. The fourth-order valence-corrected chi connectivity index (χ4v) is 2.26. The van der Waals surface area contributed by atoms with E-state index < -0.39 is 0 Å². The maximum absolute atomic E-state index is 9.64. The summed E-state index contributed by atoms with van der Waals surface area (Å²) in [5.74, 6) is 0.405. The molecule has 1 fully saturated rings. The highest BCUT2D eigenvalue weighted by Gasteiger charge is 2.23. The highest BCUT2D eigenvalue weighted by molar-refractivity contribution is 5.08. The monoisotopic (exact) mass is 220 g/mol. The molecular weight excluding hydrogens is 200 g/mol. The van der Waals surface area contributed by atoms with Gasteiger partial charge in [-0.1, -0.05) is 13.0 Å². The van der Waals surface area contributed by atoms with Gasteiger partial charge in [0.05, 0.1) is 6.10 Å². The third-order valence-electron chi connectivity index (χ3n) is 3.38. The van der Waals surface area contributed by atoms with E-state index in [4.69, 9.17) is 0 Å². The van der Waals surface area contributed by atoms with Crippen molar-refractivity contribution in [3.05, 3.63) is 30.1 Å². The van der Waals surface area contributed by atoms with Gasteiger partial charge >= 0.3 is 0 Å². The highest BCUT2D eigenvalue weighted by atomic mass is 16.3. The molecule has 16 heavy (non-hydrogen) atoms. The van der Waals surface area contributed by atoms with E-state index in [-0.39, 0.29) is 6.10 Å². The zero-order valence-electron chi connectivity index (χ0n) is 9.84. The largest absolute Gasteiger partial charge is 0.393 e. The summed E-state index contributed by atoms with van der Waals surface area (Å²) >= 11 is 0. The Morgan fingerprint density at radius 3 is 3.12 bits per heavy atom. The molecule has 0 saturated carbocycles. The standard InChI is InChI=1S/C13H20N2O/c1-11-10-15(8-5-13(11)16)7-4-12-3-2-6-14-9-12/h2-3,6,9,11,13,16H,4-5,7-8,10H2,1H3. The molecule has 1 aliphatic heterocycles. The summed E-state index contributed by atoms with van der Waals surface area (Å²) in [6, 6.07) is 4.10. The number of aliphatic hydroxyl groups excluding tert-OH is 1. The van der Waals surface area contributed by atoms with Crippen LogP contribution in [0.1, 0.15) is 18.9 Å². The predicted octanol–water partition coefficient (Wildman–Crippen LogP) is 1.33. The Morgan fingerprint density at radius 1 is 1.56 bits per heavy atom. The lowest BCUT2D eigenvalue weighted by Gasteiger charge is -2.34. The molecule has 2 rings (SSSR count). The molecule has 2 unspecified atom stereocenters. The number of piperidine rings is 1. The molecule has 1 saturated heterocycles. The van der Waals surface area contributed by atoms with Gasteiger partial charge in [0.1, 0.15) is 0 Å². The van der Waals surface area contributed by atoms with Crippen molar-refractivity contribution in [3.63, 3.8) is 0 Å². The van der Waals surface area contributed by atoms with Crippen LogP contribution in [0, 0.1) is 5.92 Å². The maximum Gasteiger partial charge on any atom is 0.0590 e. The van der Waals surface area contributed by atoms with Crippen LogP contribution < -0.4 is 0 Å². The summed E-state index contributed by atoms with van der Waals surface area (Å²) in [4.78, 5) is 6.55. The zero-order valence-corrected chi connectivity index (χ0v) is 9.84. The minimum Gasteiger partial charge on any atom is -0.393 e. The third kappa shape index (κ3) is 3.03. The summed E-state index contributed by atoms with van der Waals surface area (Å²) < 4.78 is 0. The SMILES string of the molecule is CC1CN(CCc2cccnc2)CCC1O. The van der Waals surface area contributed by atoms with Crippen LogP contribution in [0.5, 0.6) is 0 Å². The van der Waals surface area contributed by atoms with E-state index in [0.717, 1.165) is 32.5 Å².